The number of benzene rings is 1. The van der Waals surface area contributed by atoms with Gasteiger partial charge >= 0.3 is 0 Å². The summed E-state index contributed by atoms with van der Waals surface area (Å²) < 4.78 is 0. The number of primary amides is 1. The van der Waals surface area contributed by atoms with Gasteiger partial charge in [-0.2, -0.15) is 0 Å². The van der Waals surface area contributed by atoms with E-state index in [0.717, 1.165) is 24.2 Å². The summed E-state index contributed by atoms with van der Waals surface area (Å²) in [6.45, 7) is 2.84. The van der Waals surface area contributed by atoms with Gasteiger partial charge in [-0.1, -0.05) is 103 Å². The molecule has 0 radical (unpaired) electrons. The van der Waals surface area contributed by atoms with Gasteiger partial charge in [0.05, 0.1) is 18.6 Å². The van der Waals surface area contributed by atoms with Gasteiger partial charge in [-0.05, 0) is 30.5 Å². The lowest BCUT2D eigenvalue weighted by molar-refractivity contribution is -0.120. The molecule has 0 heterocycles. The molecule has 0 bridgehead atoms. The molecule has 0 aliphatic carbocycles. The number of amides is 1. The average Bonchev–Trinajstić information content (AvgIpc) is 2.80. The van der Waals surface area contributed by atoms with Gasteiger partial charge in [-0.25, -0.2) is 0 Å². The Balaban J connectivity index is 2.05. The van der Waals surface area contributed by atoms with E-state index in [9.17, 15) is 9.90 Å². The van der Waals surface area contributed by atoms with Crippen LogP contribution in [0, 0.1) is 0 Å². The first-order valence-corrected chi connectivity index (χ1v) is 13.0. The maximum absolute atomic E-state index is 11.7. The summed E-state index contributed by atoms with van der Waals surface area (Å²) in [7, 11) is 0. The highest BCUT2D eigenvalue weighted by atomic mass is 16.3. The number of aliphatic hydroxyl groups is 2. The van der Waals surface area contributed by atoms with E-state index in [1.165, 1.54) is 83.5 Å². The van der Waals surface area contributed by atoms with E-state index in [1.807, 2.05) is 24.3 Å². The van der Waals surface area contributed by atoms with Crippen LogP contribution in [-0.4, -0.2) is 35.4 Å². The number of nitrogens with one attached hydrogen (secondary N) is 1. The molecule has 1 amide bonds. The van der Waals surface area contributed by atoms with Gasteiger partial charge in [0.25, 0.3) is 0 Å². The third-order valence-corrected chi connectivity index (χ3v) is 6.23. The van der Waals surface area contributed by atoms with Crippen molar-refractivity contribution < 1.29 is 15.0 Å². The average molecular weight is 449 g/mol. The number of anilines is 1. The van der Waals surface area contributed by atoms with Crippen molar-refractivity contribution in [3.63, 3.8) is 0 Å². The van der Waals surface area contributed by atoms with Crippen molar-refractivity contribution in [1.29, 1.82) is 0 Å². The van der Waals surface area contributed by atoms with Crippen molar-refractivity contribution in [2.24, 2.45) is 5.73 Å². The van der Waals surface area contributed by atoms with Crippen molar-refractivity contribution in [1.82, 2.24) is 0 Å². The lowest BCUT2D eigenvalue weighted by atomic mass is 9.92. The second-order valence-electron chi connectivity index (χ2n) is 9.17. The molecule has 5 N–H and O–H groups in total. The fraction of sp³-hybridized carbons (Fsp3) is 0.741. The smallest absolute Gasteiger partial charge is 0.225 e. The Morgan fingerprint density at radius 2 is 1.31 bits per heavy atom. The zero-order valence-corrected chi connectivity index (χ0v) is 20.4. The summed E-state index contributed by atoms with van der Waals surface area (Å²) in [5.41, 5.74) is 7.25. The second kappa shape index (κ2) is 18.9. The van der Waals surface area contributed by atoms with Crippen LogP contribution < -0.4 is 11.1 Å². The van der Waals surface area contributed by atoms with Crippen molar-refractivity contribution in [2.45, 2.75) is 115 Å². The molecule has 5 nitrogen and oxygen atoms in total. The first kappa shape index (κ1) is 28.4. The maximum Gasteiger partial charge on any atom is 0.225 e. The highest BCUT2D eigenvalue weighted by Gasteiger charge is 2.21. The van der Waals surface area contributed by atoms with E-state index in [-0.39, 0.29) is 13.0 Å². The van der Waals surface area contributed by atoms with Crippen LogP contribution in [0.25, 0.3) is 0 Å². The van der Waals surface area contributed by atoms with Crippen molar-refractivity contribution in [3.8, 4) is 0 Å². The summed E-state index contributed by atoms with van der Waals surface area (Å²) >= 11 is 0. The number of hydrogen-bond acceptors (Lipinski definition) is 4. The largest absolute Gasteiger partial charge is 0.394 e. The Morgan fingerprint density at radius 3 is 1.75 bits per heavy atom. The van der Waals surface area contributed by atoms with Gasteiger partial charge < -0.3 is 21.3 Å². The van der Waals surface area contributed by atoms with Gasteiger partial charge in [-0.3, -0.25) is 4.79 Å². The molecule has 1 aromatic carbocycles. The Labute approximate surface area is 196 Å². The number of carbonyl (C=O) groups is 1. The minimum Gasteiger partial charge on any atom is -0.394 e. The Hall–Kier alpha value is -1.59. The first-order chi connectivity index (χ1) is 15.6. The zero-order valence-electron chi connectivity index (χ0n) is 20.4. The van der Waals surface area contributed by atoms with E-state index < -0.39 is 17.9 Å². The fourth-order valence-corrected chi connectivity index (χ4v) is 4.15. The normalized spacial score (nSPS) is 13.1. The molecule has 1 aromatic rings. The second-order valence-corrected chi connectivity index (χ2v) is 9.17. The molecule has 0 aliphatic heterocycles. The zero-order chi connectivity index (χ0) is 23.4. The molecular weight excluding hydrogens is 400 g/mol. The molecule has 2 atom stereocenters. The van der Waals surface area contributed by atoms with E-state index in [4.69, 9.17) is 10.8 Å². The van der Waals surface area contributed by atoms with Crippen LogP contribution in [0.3, 0.4) is 0 Å². The molecule has 2 unspecified atom stereocenters. The quantitative estimate of drug-likeness (QED) is 0.176. The molecule has 1 rings (SSSR count). The molecule has 0 saturated heterocycles. The predicted molar refractivity (Wildman–Crippen MR) is 135 cm³/mol. The van der Waals surface area contributed by atoms with Crippen LogP contribution in [0.5, 0.6) is 0 Å². The van der Waals surface area contributed by atoms with Gasteiger partial charge in [0.2, 0.25) is 5.91 Å². The van der Waals surface area contributed by atoms with Crippen LogP contribution in [0.1, 0.15) is 115 Å². The Kier molecular flexibility index (Phi) is 16.8. The Bertz CT molecular complexity index is 577. The summed E-state index contributed by atoms with van der Waals surface area (Å²) in [5, 5.41) is 22.1. The van der Waals surface area contributed by atoms with Crippen molar-refractivity contribution in [2.75, 3.05) is 18.5 Å². The van der Waals surface area contributed by atoms with Crippen molar-refractivity contribution >= 4 is 11.6 Å². The number of rotatable bonds is 21. The lowest BCUT2D eigenvalue weighted by Crippen LogP contribution is -2.27. The van der Waals surface area contributed by atoms with Gasteiger partial charge in [-0.15, -0.1) is 0 Å². The summed E-state index contributed by atoms with van der Waals surface area (Å²) in [4.78, 5) is 11.7. The molecule has 32 heavy (non-hydrogen) atoms. The molecule has 0 saturated carbocycles. The van der Waals surface area contributed by atoms with Crippen LogP contribution >= 0.6 is 0 Å². The fourth-order valence-electron chi connectivity index (χ4n) is 4.15. The topological polar surface area (TPSA) is 95.6 Å². The molecule has 0 aliphatic rings. The summed E-state index contributed by atoms with van der Waals surface area (Å²) in [6.07, 6.45) is 18.3. The monoisotopic (exact) mass is 448 g/mol. The van der Waals surface area contributed by atoms with Crippen LogP contribution in [0.2, 0.25) is 0 Å². The van der Waals surface area contributed by atoms with E-state index >= 15 is 0 Å². The lowest BCUT2D eigenvalue weighted by Gasteiger charge is -2.17. The molecule has 0 fully saturated rings. The van der Waals surface area contributed by atoms with Gasteiger partial charge in [0, 0.05) is 12.2 Å². The van der Waals surface area contributed by atoms with Crippen LogP contribution in [-0.2, 0) is 4.79 Å². The minimum atomic E-state index is -0.939. The third kappa shape index (κ3) is 13.7. The number of unbranched alkanes of at least 4 members (excludes halogenated alkanes) is 13. The van der Waals surface area contributed by atoms with Gasteiger partial charge in [0.15, 0.2) is 0 Å². The SMILES string of the molecule is CCCCCCCCCCCCCCCCNc1ccc(C(CC(O)CO)C(N)=O)cc1. The highest BCUT2D eigenvalue weighted by Crippen LogP contribution is 2.23. The Morgan fingerprint density at radius 1 is 0.844 bits per heavy atom. The van der Waals surface area contributed by atoms with Crippen molar-refractivity contribution in [3.05, 3.63) is 29.8 Å². The molecular formula is C27H48N2O3. The highest BCUT2D eigenvalue weighted by molar-refractivity contribution is 5.82. The predicted octanol–water partition coefficient (Wildman–Crippen LogP) is 5.89. The number of carbonyl (C=O) groups excluding carboxylic acids is 1. The summed E-state index contributed by atoms with van der Waals surface area (Å²) in [6, 6.07) is 7.63. The van der Waals surface area contributed by atoms with E-state index in [1.54, 1.807) is 0 Å². The molecule has 184 valence electrons. The standard InChI is InChI=1S/C27H48N2O3/c1-2-3-4-5-6-7-8-9-10-11-12-13-14-15-20-29-24-18-16-23(17-19-24)26(27(28)32)21-25(31)22-30/h16-19,25-26,29-31H,2-15,20-22H2,1H3,(H2,28,32). The third-order valence-electron chi connectivity index (χ3n) is 6.23. The van der Waals surface area contributed by atoms with Crippen LogP contribution in [0.15, 0.2) is 24.3 Å². The first-order valence-electron chi connectivity index (χ1n) is 13.0. The molecule has 5 heteroatoms. The minimum absolute atomic E-state index is 0.137. The van der Waals surface area contributed by atoms with Crippen LogP contribution in [0.4, 0.5) is 5.69 Å². The molecule has 0 spiro atoms. The van der Waals surface area contributed by atoms with Gasteiger partial charge in [0.1, 0.15) is 0 Å². The summed E-state index contributed by atoms with van der Waals surface area (Å²) in [5.74, 6) is -1.07. The molecule has 0 aromatic heterocycles. The van der Waals surface area contributed by atoms with E-state index in [2.05, 4.69) is 12.2 Å². The van der Waals surface area contributed by atoms with E-state index in [0.29, 0.717) is 0 Å². The number of nitrogens with two attached hydrogens (primary N) is 1. The maximum atomic E-state index is 11.7. The number of hydrogen-bond donors (Lipinski definition) is 4. The number of aliphatic hydroxyl groups excluding tert-OH is 2.